The smallest absolute Gasteiger partial charge is 0.433 e. The van der Waals surface area contributed by atoms with Crippen LogP contribution in [0.25, 0.3) is 10.8 Å². The van der Waals surface area contributed by atoms with Crippen molar-refractivity contribution >= 4 is 40.2 Å². The molecular weight excluding hydrogens is 577 g/mol. The molecule has 1 aromatic heterocycles. The number of ether oxygens (including phenoxy) is 2. The molecule has 0 saturated carbocycles. The average molecular weight is 615 g/mol. The molecule has 0 atom stereocenters. The number of aromatic nitrogens is 1. The molecule has 0 bridgehead atoms. The van der Waals surface area contributed by atoms with Crippen LogP contribution in [0, 0.1) is 0 Å². The van der Waals surface area contributed by atoms with Gasteiger partial charge in [0, 0.05) is 54.4 Å². The lowest BCUT2D eigenvalue weighted by molar-refractivity contribution is -0.141. The minimum Gasteiger partial charge on any atom is -0.444 e. The summed E-state index contributed by atoms with van der Waals surface area (Å²) in [5, 5.41) is 4.67. The van der Waals surface area contributed by atoms with Gasteiger partial charge in [-0.3, -0.25) is 0 Å². The molecule has 0 fully saturated rings. The van der Waals surface area contributed by atoms with Gasteiger partial charge in [-0.2, -0.15) is 13.2 Å². The van der Waals surface area contributed by atoms with Crippen molar-refractivity contribution in [1.29, 1.82) is 0 Å². The van der Waals surface area contributed by atoms with Gasteiger partial charge in [-0.1, -0.05) is 44.2 Å². The number of hydrogen-bond acceptors (Lipinski definition) is 7. The topological polar surface area (TPSA) is 75.7 Å². The Morgan fingerprint density at radius 1 is 0.930 bits per heavy atom. The number of nitrogens with one attached hydrogen (secondary N) is 2. The average Bonchev–Trinajstić information content (AvgIpc) is 2.94. The van der Waals surface area contributed by atoms with Crippen molar-refractivity contribution in [2.24, 2.45) is 0 Å². The van der Waals surface area contributed by atoms with E-state index in [-0.39, 0.29) is 18.0 Å². The third-order valence-corrected chi connectivity index (χ3v) is 6.58. The highest BCUT2D eigenvalue weighted by Crippen LogP contribution is 2.35. The molecule has 0 saturated heterocycles. The van der Waals surface area contributed by atoms with Crippen molar-refractivity contribution in [3.8, 4) is 11.6 Å². The van der Waals surface area contributed by atoms with Crippen LogP contribution in [0.4, 0.5) is 29.3 Å². The van der Waals surface area contributed by atoms with Crippen LogP contribution in [0.2, 0.25) is 0 Å². The van der Waals surface area contributed by atoms with Crippen molar-refractivity contribution in [3.63, 3.8) is 0 Å². The Morgan fingerprint density at radius 2 is 1.60 bits per heavy atom. The maximum absolute atomic E-state index is 13.6. The van der Waals surface area contributed by atoms with E-state index in [0.29, 0.717) is 11.4 Å². The summed E-state index contributed by atoms with van der Waals surface area (Å²) in [5.74, 6) is 0.0391. The monoisotopic (exact) mass is 614 g/mol. The second kappa shape index (κ2) is 14.4. The van der Waals surface area contributed by atoms with Gasteiger partial charge >= 0.3 is 12.3 Å². The number of carbonyl (C=O) groups is 1. The molecule has 4 aromatic rings. The van der Waals surface area contributed by atoms with Gasteiger partial charge in [0.15, 0.2) is 0 Å². The summed E-state index contributed by atoms with van der Waals surface area (Å²) in [5.41, 5.74) is 0.0787. The number of anilines is 2. The number of rotatable bonds is 8. The third-order valence-electron chi connectivity index (χ3n) is 5.66. The molecule has 1 amide bonds. The zero-order valence-electron chi connectivity index (χ0n) is 25.3. The van der Waals surface area contributed by atoms with Gasteiger partial charge in [-0.25, -0.2) is 9.78 Å². The standard InChI is InChI=1S/C30H31F3N4O3S.C2H6/c1-29(2,3)40-28(38)34-18-19-15-26(30(31,32)33)35-27(16-19)39-21-10-6-9-20(17-21)36-41-25-14-8-11-22-23(25)12-7-13-24(22)37(4)5;1-2/h6-17,36H,18H2,1-5H3,(H,34,38);1-2H3. The van der Waals surface area contributed by atoms with E-state index in [1.807, 2.05) is 52.2 Å². The van der Waals surface area contributed by atoms with Gasteiger partial charge in [0.1, 0.15) is 17.0 Å². The summed E-state index contributed by atoms with van der Waals surface area (Å²) >= 11 is 1.42. The van der Waals surface area contributed by atoms with E-state index < -0.39 is 23.6 Å². The highest BCUT2D eigenvalue weighted by Gasteiger charge is 2.33. The van der Waals surface area contributed by atoms with Crippen LogP contribution < -0.4 is 19.7 Å². The number of benzene rings is 3. The van der Waals surface area contributed by atoms with Crippen LogP contribution in [0.15, 0.2) is 77.7 Å². The van der Waals surface area contributed by atoms with Crippen LogP contribution in [0.1, 0.15) is 45.9 Å². The number of carbonyl (C=O) groups excluding carboxylic acids is 1. The van der Waals surface area contributed by atoms with Gasteiger partial charge in [-0.15, -0.1) is 0 Å². The van der Waals surface area contributed by atoms with E-state index in [2.05, 4.69) is 38.1 Å². The molecule has 43 heavy (non-hydrogen) atoms. The molecule has 11 heteroatoms. The fourth-order valence-electron chi connectivity index (χ4n) is 3.95. The van der Waals surface area contributed by atoms with Gasteiger partial charge in [0.05, 0.1) is 0 Å². The lowest BCUT2D eigenvalue weighted by Crippen LogP contribution is -2.32. The van der Waals surface area contributed by atoms with E-state index in [9.17, 15) is 18.0 Å². The zero-order chi connectivity index (χ0) is 31.8. The molecule has 0 unspecified atom stereocenters. The maximum atomic E-state index is 13.6. The first-order chi connectivity index (χ1) is 20.3. The van der Waals surface area contributed by atoms with E-state index in [1.54, 1.807) is 39.0 Å². The number of nitrogens with zero attached hydrogens (tertiary/aromatic N) is 2. The van der Waals surface area contributed by atoms with Gasteiger partial charge in [-0.05, 0) is 74.0 Å². The summed E-state index contributed by atoms with van der Waals surface area (Å²) in [6, 6.07) is 21.3. The first-order valence-electron chi connectivity index (χ1n) is 13.7. The fraction of sp³-hybridized carbons (Fsp3) is 0.312. The molecule has 0 spiro atoms. The maximum Gasteiger partial charge on any atom is 0.433 e. The minimum atomic E-state index is -4.70. The number of fused-ring (bicyclic) bond motifs is 1. The van der Waals surface area contributed by atoms with Crippen molar-refractivity contribution in [2.45, 2.75) is 57.8 Å². The van der Waals surface area contributed by atoms with Gasteiger partial charge in [0.2, 0.25) is 5.88 Å². The lowest BCUT2D eigenvalue weighted by Gasteiger charge is -2.20. The van der Waals surface area contributed by atoms with Crippen molar-refractivity contribution in [3.05, 3.63) is 84.1 Å². The van der Waals surface area contributed by atoms with E-state index in [0.717, 1.165) is 27.4 Å². The molecule has 0 radical (unpaired) electrons. The molecule has 3 aromatic carbocycles. The second-order valence-corrected chi connectivity index (χ2v) is 11.3. The molecular formula is C32H37F3N4O3S. The van der Waals surface area contributed by atoms with Crippen LogP contribution in [-0.2, 0) is 17.5 Å². The molecule has 230 valence electrons. The summed E-state index contributed by atoms with van der Waals surface area (Å²) in [7, 11) is 4.00. The predicted molar refractivity (Wildman–Crippen MR) is 168 cm³/mol. The molecule has 2 N–H and O–H groups in total. The highest BCUT2D eigenvalue weighted by molar-refractivity contribution is 8.00. The molecule has 0 aliphatic rings. The Hall–Kier alpha value is -4.12. The zero-order valence-corrected chi connectivity index (χ0v) is 26.1. The predicted octanol–water partition coefficient (Wildman–Crippen LogP) is 9.28. The van der Waals surface area contributed by atoms with Crippen LogP contribution >= 0.6 is 11.9 Å². The third kappa shape index (κ3) is 9.71. The summed E-state index contributed by atoms with van der Waals surface area (Å²) in [6.07, 6.45) is -5.45. The number of pyridine rings is 1. The van der Waals surface area contributed by atoms with Crippen LogP contribution in [-0.4, -0.2) is 30.8 Å². The second-order valence-electron chi connectivity index (χ2n) is 10.4. The quantitative estimate of drug-likeness (QED) is 0.192. The summed E-state index contributed by atoms with van der Waals surface area (Å²) in [4.78, 5) is 18.7. The van der Waals surface area contributed by atoms with Crippen molar-refractivity contribution in [2.75, 3.05) is 23.7 Å². The Morgan fingerprint density at radius 3 is 2.28 bits per heavy atom. The first kappa shape index (κ1) is 33.4. The molecule has 7 nitrogen and oxygen atoms in total. The molecule has 0 aliphatic carbocycles. The Kier molecular flexibility index (Phi) is 11.2. The van der Waals surface area contributed by atoms with Crippen molar-refractivity contribution in [1.82, 2.24) is 10.3 Å². The van der Waals surface area contributed by atoms with Crippen molar-refractivity contribution < 1.29 is 27.4 Å². The van der Waals surface area contributed by atoms with E-state index in [1.165, 1.54) is 18.0 Å². The van der Waals surface area contributed by atoms with Crippen LogP contribution in [0.5, 0.6) is 11.6 Å². The van der Waals surface area contributed by atoms with Gasteiger partial charge in [0.25, 0.3) is 0 Å². The number of amides is 1. The highest BCUT2D eigenvalue weighted by atomic mass is 32.2. The van der Waals surface area contributed by atoms with Crippen LogP contribution in [0.3, 0.4) is 0 Å². The number of alkyl halides is 3. The Labute approximate surface area is 254 Å². The molecule has 0 aliphatic heterocycles. The minimum absolute atomic E-state index is 0.158. The molecule has 4 rings (SSSR count). The number of halogens is 3. The molecule has 1 heterocycles. The summed E-state index contributed by atoms with van der Waals surface area (Å²) in [6.45, 7) is 8.88. The number of hydrogen-bond donors (Lipinski definition) is 2. The van der Waals surface area contributed by atoms with Gasteiger partial charge < -0.3 is 24.4 Å². The van der Waals surface area contributed by atoms with E-state index in [4.69, 9.17) is 9.47 Å². The normalized spacial score (nSPS) is 11.3. The fourth-order valence-corrected chi connectivity index (χ4v) is 4.74. The first-order valence-corrected chi connectivity index (χ1v) is 14.5. The van der Waals surface area contributed by atoms with E-state index >= 15 is 0 Å². The Bertz CT molecular complexity index is 1540. The number of alkyl carbamates (subject to hydrolysis) is 1. The Balaban J connectivity index is 0.00000248. The summed E-state index contributed by atoms with van der Waals surface area (Å²) < 4.78 is 54.9. The lowest BCUT2D eigenvalue weighted by atomic mass is 10.1. The SMILES string of the molecule is CC.CN(C)c1cccc2c(SNc3cccc(Oc4cc(CNC(=O)OC(C)(C)C)cc(C(F)(F)F)n4)c3)cccc12. The largest absolute Gasteiger partial charge is 0.444 e.